The molecule has 0 spiro atoms. The second-order valence-corrected chi connectivity index (χ2v) is 9.70. The summed E-state index contributed by atoms with van der Waals surface area (Å²) in [5, 5.41) is 5.75. The minimum absolute atomic E-state index is 0.115. The average molecular weight is 475 g/mol. The number of aromatic nitrogens is 2. The maximum atomic E-state index is 12.8. The summed E-state index contributed by atoms with van der Waals surface area (Å²) in [6, 6.07) is 13.4. The molecule has 0 atom stereocenters. The number of rotatable bonds is 8. The fourth-order valence-corrected chi connectivity index (χ4v) is 3.70. The second-order valence-electron chi connectivity index (χ2n) is 9.70. The number of carbonyl (C=O) groups is 2. The molecule has 1 heterocycles. The van der Waals surface area contributed by atoms with E-state index in [0.29, 0.717) is 30.7 Å². The highest BCUT2D eigenvalue weighted by Crippen LogP contribution is 2.37. The lowest BCUT2D eigenvalue weighted by atomic mass is 9.86. The molecule has 0 aliphatic heterocycles. The largest absolute Gasteiger partial charge is 0.497 e. The van der Waals surface area contributed by atoms with Crippen molar-refractivity contribution >= 4 is 11.8 Å². The Labute approximate surface area is 205 Å². The smallest absolute Gasteiger partial charge is 0.255 e. The van der Waals surface area contributed by atoms with E-state index < -0.39 is 5.54 Å². The first-order valence-electron chi connectivity index (χ1n) is 11.5. The number of hydrogen-bond acceptors (Lipinski definition) is 6. The van der Waals surface area contributed by atoms with Crippen molar-refractivity contribution in [2.45, 2.75) is 51.1 Å². The minimum Gasteiger partial charge on any atom is -0.497 e. The lowest BCUT2D eigenvalue weighted by molar-refractivity contribution is -0.124. The van der Waals surface area contributed by atoms with Gasteiger partial charge in [-0.1, -0.05) is 32.9 Å². The highest BCUT2D eigenvalue weighted by molar-refractivity contribution is 6.00. The third-order valence-corrected chi connectivity index (χ3v) is 5.96. The quantitative estimate of drug-likeness (QED) is 0.508. The highest BCUT2D eigenvalue weighted by Gasteiger charge is 2.51. The molecule has 1 aliphatic rings. The van der Waals surface area contributed by atoms with E-state index in [1.807, 2.05) is 42.5 Å². The average Bonchev–Trinajstić information content (AvgIpc) is 3.64. The van der Waals surface area contributed by atoms with E-state index in [1.165, 1.54) is 18.7 Å². The van der Waals surface area contributed by atoms with E-state index in [0.717, 1.165) is 22.6 Å². The van der Waals surface area contributed by atoms with Crippen LogP contribution in [0.5, 0.6) is 17.2 Å². The number of benzene rings is 2. The molecule has 1 aliphatic carbocycles. The van der Waals surface area contributed by atoms with Gasteiger partial charge in [0, 0.05) is 24.5 Å². The highest BCUT2D eigenvalue weighted by atomic mass is 16.5. The summed E-state index contributed by atoms with van der Waals surface area (Å²) in [6.07, 6.45) is 5.41. The van der Waals surface area contributed by atoms with Gasteiger partial charge in [0.25, 0.3) is 5.91 Å². The second kappa shape index (κ2) is 9.74. The molecule has 4 rings (SSSR count). The molecule has 3 aromatic rings. The topological polar surface area (TPSA) is 102 Å². The number of hydrogen-bond donors (Lipinski definition) is 2. The number of nitrogens with one attached hydrogen (secondary N) is 2. The van der Waals surface area contributed by atoms with Gasteiger partial charge in [0.15, 0.2) is 0 Å². The van der Waals surface area contributed by atoms with Crippen molar-refractivity contribution in [1.82, 2.24) is 20.6 Å². The summed E-state index contributed by atoms with van der Waals surface area (Å²) >= 11 is 0. The zero-order valence-electron chi connectivity index (χ0n) is 20.4. The molecular weight excluding hydrogens is 444 g/mol. The van der Waals surface area contributed by atoms with Gasteiger partial charge in [-0.25, -0.2) is 9.97 Å². The Hall–Kier alpha value is -3.94. The molecule has 0 saturated heterocycles. The number of amides is 2. The molecule has 8 nitrogen and oxygen atoms in total. The van der Waals surface area contributed by atoms with Gasteiger partial charge >= 0.3 is 0 Å². The summed E-state index contributed by atoms with van der Waals surface area (Å²) in [5.74, 6) is 1.71. The Balaban J connectivity index is 1.36. The van der Waals surface area contributed by atoms with Gasteiger partial charge in [-0.2, -0.15) is 0 Å². The van der Waals surface area contributed by atoms with E-state index in [9.17, 15) is 9.59 Å². The van der Waals surface area contributed by atoms with Gasteiger partial charge in [-0.3, -0.25) is 9.59 Å². The zero-order valence-corrected chi connectivity index (χ0v) is 20.4. The number of ether oxygens (including phenoxy) is 2. The van der Waals surface area contributed by atoms with Crippen molar-refractivity contribution < 1.29 is 19.1 Å². The van der Waals surface area contributed by atoms with Crippen LogP contribution in [0.4, 0.5) is 0 Å². The van der Waals surface area contributed by atoms with E-state index >= 15 is 0 Å². The molecule has 182 valence electrons. The van der Waals surface area contributed by atoms with E-state index in [-0.39, 0.29) is 17.2 Å². The Morgan fingerprint density at radius 1 is 1.00 bits per heavy atom. The third-order valence-electron chi connectivity index (χ3n) is 5.96. The van der Waals surface area contributed by atoms with Gasteiger partial charge in [-0.05, 0) is 54.2 Å². The fraction of sp³-hybridized carbons (Fsp3) is 0.333. The summed E-state index contributed by atoms with van der Waals surface area (Å²) in [6.45, 7) is 6.73. The molecule has 2 amide bonds. The van der Waals surface area contributed by atoms with E-state index in [1.54, 1.807) is 7.11 Å². The molecule has 0 radical (unpaired) electrons. The molecule has 0 unspecified atom stereocenters. The molecule has 2 aromatic carbocycles. The molecule has 1 fully saturated rings. The fourth-order valence-electron chi connectivity index (χ4n) is 3.70. The lowest BCUT2D eigenvalue weighted by Crippen LogP contribution is -2.48. The van der Waals surface area contributed by atoms with Gasteiger partial charge < -0.3 is 20.1 Å². The number of methoxy groups -OCH3 is 1. The van der Waals surface area contributed by atoms with Gasteiger partial charge in [0.1, 0.15) is 29.1 Å². The van der Waals surface area contributed by atoms with Crippen LogP contribution in [-0.4, -0.2) is 34.4 Å². The van der Waals surface area contributed by atoms with Crippen molar-refractivity contribution in [2.75, 3.05) is 7.11 Å². The molecule has 1 saturated carbocycles. The van der Waals surface area contributed by atoms with Crippen LogP contribution in [0.25, 0.3) is 0 Å². The number of nitrogens with zero attached hydrogens (tertiary/aromatic N) is 2. The van der Waals surface area contributed by atoms with Gasteiger partial charge in [0.05, 0.1) is 12.7 Å². The first-order valence-corrected chi connectivity index (χ1v) is 11.5. The van der Waals surface area contributed by atoms with E-state index in [2.05, 4.69) is 41.4 Å². The summed E-state index contributed by atoms with van der Waals surface area (Å²) in [7, 11) is 1.65. The Morgan fingerprint density at radius 3 is 2.26 bits per heavy atom. The van der Waals surface area contributed by atoms with Gasteiger partial charge in [-0.15, -0.1) is 0 Å². The third kappa shape index (κ3) is 5.77. The van der Waals surface area contributed by atoms with Crippen molar-refractivity contribution in [1.29, 1.82) is 0 Å². The minimum atomic E-state index is -0.867. The van der Waals surface area contributed by atoms with Crippen LogP contribution in [0.1, 0.15) is 55.1 Å². The normalized spacial score (nSPS) is 14.1. The van der Waals surface area contributed by atoms with Crippen molar-refractivity contribution in [3.8, 4) is 17.2 Å². The van der Waals surface area contributed by atoms with Crippen molar-refractivity contribution in [3.63, 3.8) is 0 Å². The van der Waals surface area contributed by atoms with Crippen LogP contribution >= 0.6 is 0 Å². The maximum absolute atomic E-state index is 12.8. The first kappa shape index (κ1) is 24.2. The van der Waals surface area contributed by atoms with Gasteiger partial charge in [0.2, 0.25) is 5.91 Å². The van der Waals surface area contributed by atoms with Crippen LogP contribution in [0, 0.1) is 0 Å². The van der Waals surface area contributed by atoms with Crippen LogP contribution < -0.4 is 20.1 Å². The van der Waals surface area contributed by atoms with Crippen LogP contribution in [-0.2, 0) is 16.8 Å². The zero-order chi connectivity index (χ0) is 25.1. The van der Waals surface area contributed by atoms with Crippen molar-refractivity contribution in [3.05, 3.63) is 77.9 Å². The number of carbonyl (C=O) groups excluding carboxylic acids is 2. The Kier molecular flexibility index (Phi) is 6.73. The monoisotopic (exact) mass is 474 g/mol. The molecule has 1 aromatic heterocycles. The maximum Gasteiger partial charge on any atom is 0.255 e. The standard InChI is InChI=1S/C27H30N4O4/c1-26(2,3)22-13-21(34-4)9-10-23(22)35-20-7-5-18(6-8-20)14-30-25(33)27(11-12-27)31-24(32)19-15-28-17-29-16-19/h5-10,13,15-17H,11-12,14H2,1-4H3,(H,30,33)(H,31,32). The Bertz CT molecular complexity index is 1200. The molecular formula is C27H30N4O4. The predicted octanol–water partition coefficient (Wildman–Crippen LogP) is 4.15. The molecule has 8 heteroatoms. The predicted molar refractivity (Wildman–Crippen MR) is 132 cm³/mol. The molecule has 0 bridgehead atoms. The summed E-state index contributed by atoms with van der Waals surface area (Å²) in [4.78, 5) is 32.9. The SMILES string of the molecule is COc1ccc(Oc2ccc(CNC(=O)C3(NC(=O)c4cncnc4)CC3)cc2)c(C(C)(C)C)c1. The summed E-state index contributed by atoms with van der Waals surface area (Å²) in [5.41, 5.74) is 1.32. The Morgan fingerprint density at radius 2 is 1.66 bits per heavy atom. The van der Waals surface area contributed by atoms with E-state index in [4.69, 9.17) is 9.47 Å². The molecule has 2 N–H and O–H groups in total. The van der Waals surface area contributed by atoms with Crippen LogP contribution in [0.3, 0.4) is 0 Å². The van der Waals surface area contributed by atoms with Crippen LogP contribution in [0.15, 0.2) is 61.2 Å². The van der Waals surface area contributed by atoms with Crippen molar-refractivity contribution in [2.24, 2.45) is 0 Å². The van der Waals surface area contributed by atoms with Crippen LogP contribution in [0.2, 0.25) is 0 Å². The molecule has 35 heavy (non-hydrogen) atoms. The lowest BCUT2D eigenvalue weighted by Gasteiger charge is -2.23. The first-order chi connectivity index (χ1) is 16.7. The summed E-state index contributed by atoms with van der Waals surface area (Å²) < 4.78 is 11.5.